The lowest BCUT2D eigenvalue weighted by molar-refractivity contribution is -0.153. The van der Waals surface area contributed by atoms with Crippen molar-refractivity contribution in [3.05, 3.63) is 35.9 Å². The molecule has 1 N–H and O–H groups in total. The Bertz CT molecular complexity index is 820. The molecule has 9 heteroatoms. The van der Waals surface area contributed by atoms with Crippen LogP contribution in [0.25, 0.3) is 0 Å². The van der Waals surface area contributed by atoms with Gasteiger partial charge in [0.1, 0.15) is 12.1 Å². The first-order valence-electron chi connectivity index (χ1n) is 11.1. The molecule has 1 aromatic rings. The maximum atomic E-state index is 13.2. The monoisotopic (exact) mass is 445 g/mol. The van der Waals surface area contributed by atoms with Crippen LogP contribution in [0.1, 0.15) is 44.1 Å². The molecule has 0 spiro atoms. The third kappa shape index (κ3) is 5.57. The van der Waals surface area contributed by atoms with Crippen molar-refractivity contribution in [2.75, 3.05) is 33.3 Å². The lowest BCUT2D eigenvalue weighted by Gasteiger charge is -2.48. The fourth-order valence-electron chi connectivity index (χ4n) is 4.29. The van der Waals surface area contributed by atoms with Crippen molar-refractivity contribution in [2.45, 2.75) is 50.7 Å². The zero-order chi connectivity index (χ0) is 23.0. The van der Waals surface area contributed by atoms with Crippen molar-refractivity contribution in [2.24, 2.45) is 0 Å². The Labute approximate surface area is 188 Å². The van der Waals surface area contributed by atoms with E-state index in [2.05, 4.69) is 10.1 Å². The van der Waals surface area contributed by atoms with Crippen molar-refractivity contribution in [1.82, 2.24) is 15.1 Å². The van der Waals surface area contributed by atoms with Gasteiger partial charge >= 0.3 is 12.1 Å². The van der Waals surface area contributed by atoms with Gasteiger partial charge < -0.3 is 24.6 Å². The minimum absolute atomic E-state index is 0.0422. The van der Waals surface area contributed by atoms with Crippen molar-refractivity contribution in [1.29, 1.82) is 0 Å². The number of piperidine rings is 2. The molecular formula is C23H31N3O6. The number of likely N-dealkylation sites (tertiary alicyclic amines) is 2. The molecule has 1 aromatic carbocycles. The molecule has 9 nitrogen and oxygen atoms in total. The van der Waals surface area contributed by atoms with Crippen LogP contribution in [0.3, 0.4) is 0 Å². The number of rotatable bonds is 7. The van der Waals surface area contributed by atoms with Crippen LogP contribution < -0.4 is 5.32 Å². The number of amides is 3. The summed E-state index contributed by atoms with van der Waals surface area (Å²) in [5.41, 5.74) is -0.125. The molecule has 0 atom stereocenters. The summed E-state index contributed by atoms with van der Waals surface area (Å²) in [4.78, 5) is 53.1. The Morgan fingerprint density at radius 1 is 1.06 bits per heavy atom. The summed E-state index contributed by atoms with van der Waals surface area (Å²) in [5, 5.41) is 2.80. The predicted molar refractivity (Wildman–Crippen MR) is 115 cm³/mol. The van der Waals surface area contributed by atoms with E-state index in [4.69, 9.17) is 4.74 Å². The van der Waals surface area contributed by atoms with Crippen LogP contribution in [0.5, 0.6) is 0 Å². The highest BCUT2D eigenvalue weighted by Crippen LogP contribution is 2.33. The number of esters is 1. The number of benzene rings is 1. The molecule has 2 saturated heterocycles. The van der Waals surface area contributed by atoms with E-state index in [1.165, 1.54) is 7.11 Å². The highest BCUT2D eigenvalue weighted by Gasteiger charge is 2.49. The largest absolute Gasteiger partial charge is 0.469 e. The normalized spacial score (nSPS) is 18.1. The molecule has 0 aromatic heterocycles. The number of hydrogen-bond acceptors (Lipinski definition) is 6. The number of hydrogen-bond donors (Lipinski definition) is 1. The van der Waals surface area contributed by atoms with Gasteiger partial charge in [-0.2, -0.15) is 0 Å². The van der Waals surface area contributed by atoms with E-state index in [9.17, 15) is 19.2 Å². The van der Waals surface area contributed by atoms with Gasteiger partial charge in [0.2, 0.25) is 11.8 Å². The molecule has 3 rings (SSSR count). The third-order valence-corrected chi connectivity index (χ3v) is 6.16. The standard InChI is InChI=1S/C23H31N3O6/c1-31-20(28)10-13-24-21(29)23(26-14-6-5-9-19(26)27)11-15-25(16-12-23)22(30)32-17-18-7-3-2-4-8-18/h2-4,7-8H,5-6,9-17H2,1H3,(H,24,29). The molecule has 32 heavy (non-hydrogen) atoms. The fourth-order valence-corrected chi connectivity index (χ4v) is 4.29. The molecule has 2 fully saturated rings. The van der Waals surface area contributed by atoms with E-state index in [1.54, 1.807) is 9.80 Å². The maximum absolute atomic E-state index is 13.2. The van der Waals surface area contributed by atoms with Gasteiger partial charge in [-0.25, -0.2) is 4.79 Å². The van der Waals surface area contributed by atoms with Crippen LogP contribution >= 0.6 is 0 Å². The molecular weight excluding hydrogens is 414 g/mol. The first kappa shape index (κ1) is 23.6. The lowest BCUT2D eigenvalue weighted by atomic mass is 9.83. The maximum Gasteiger partial charge on any atom is 0.410 e. The summed E-state index contributed by atoms with van der Waals surface area (Å²) in [7, 11) is 1.30. The number of carbonyl (C=O) groups is 4. The highest BCUT2D eigenvalue weighted by atomic mass is 16.6. The van der Waals surface area contributed by atoms with Crippen LogP contribution in [0, 0.1) is 0 Å². The Balaban J connectivity index is 1.63. The van der Waals surface area contributed by atoms with Gasteiger partial charge in [0.05, 0.1) is 13.5 Å². The Kier molecular flexibility index (Phi) is 8.08. The van der Waals surface area contributed by atoms with Crippen LogP contribution in [-0.4, -0.2) is 72.5 Å². The molecule has 0 saturated carbocycles. The summed E-state index contributed by atoms with van der Waals surface area (Å²) in [5.74, 6) is -0.738. The van der Waals surface area contributed by atoms with Crippen molar-refractivity contribution in [3.8, 4) is 0 Å². The average molecular weight is 446 g/mol. The zero-order valence-electron chi connectivity index (χ0n) is 18.5. The van der Waals surface area contributed by atoms with Gasteiger partial charge in [0.15, 0.2) is 0 Å². The SMILES string of the molecule is COC(=O)CCNC(=O)C1(N2CCCCC2=O)CCN(C(=O)OCc2ccccc2)CC1. The Morgan fingerprint density at radius 3 is 2.44 bits per heavy atom. The molecule has 0 bridgehead atoms. The molecule has 0 unspecified atom stereocenters. The first-order chi connectivity index (χ1) is 15.5. The van der Waals surface area contributed by atoms with E-state index >= 15 is 0 Å². The van der Waals surface area contributed by atoms with Gasteiger partial charge in [-0.1, -0.05) is 30.3 Å². The molecule has 2 heterocycles. The lowest BCUT2D eigenvalue weighted by Crippen LogP contribution is -2.66. The molecule has 0 radical (unpaired) electrons. The van der Waals surface area contributed by atoms with Crippen LogP contribution in [0.15, 0.2) is 30.3 Å². The molecule has 2 aliphatic heterocycles. The topological polar surface area (TPSA) is 105 Å². The van der Waals surface area contributed by atoms with Crippen LogP contribution in [0.4, 0.5) is 4.79 Å². The number of methoxy groups -OCH3 is 1. The summed E-state index contributed by atoms with van der Waals surface area (Å²) in [6.45, 7) is 1.45. The van der Waals surface area contributed by atoms with Crippen LogP contribution in [-0.2, 0) is 30.5 Å². The van der Waals surface area contributed by atoms with Crippen molar-refractivity contribution in [3.63, 3.8) is 0 Å². The van der Waals surface area contributed by atoms with Gasteiger partial charge in [-0.3, -0.25) is 14.4 Å². The minimum atomic E-state index is -1.02. The number of carbonyl (C=O) groups excluding carboxylic acids is 4. The second kappa shape index (κ2) is 11.0. The second-order valence-electron chi connectivity index (χ2n) is 8.14. The van der Waals surface area contributed by atoms with Crippen molar-refractivity contribution >= 4 is 23.9 Å². The number of nitrogens with one attached hydrogen (secondary N) is 1. The minimum Gasteiger partial charge on any atom is -0.469 e. The summed E-state index contributed by atoms with van der Waals surface area (Å²) in [6, 6.07) is 9.43. The summed E-state index contributed by atoms with van der Waals surface area (Å²) in [6.07, 6.45) is 2.34. The van der Waals surface area contributed by atoms with E-state index < -0.39 is 17.6 Å². The third-order valence-electron chi connectivity index (χ3n) is 6.16. The average Bonchev–Trinajstić information content (AvgIpc) is 2.83. The van der Waals surface area contributed by atoms with Gasteiger partial charge in [-0.05, 0) is 31.2 Å². The Hall–Kier alpha value is -3.10. The van der Waals surface area contributed by atoms with Gasteiger partial charge in [0.25, 0.3) is 0 Å². The predicted octanol–water partition coefficient (Wildman–Crippen LogP) is 1.85. The molecule has 0 aliphatic carbocycles. The summed E-state index contributed by atoms with van der Waals surface area (Å²) >= 11 is 0. The van der Waals surface area contributed by atoms with Crippen LogP contribution in [0.2, 0.25) is 0 Å². The van der Waals surface area contributed by atoms with E-state index in [0.717, 1.165) is 18.4 Å². The van der Waals surface area contributed by atoms with Crippen molar-refractivity contribution < 1.29 is 28.7 Å². The van der Waals surface area contributed by atoms with Gasteiger partial charge in [-0.15, -0.1) is 0 Å². The zero-order valence-corrected chi connectivity index (χ0v) is 18.5. The van der Waals surface area contributed by atoms with Gasteiger partial charge in [0, 0.05) is 32.6 Å². The van der Waals surface area contributed by atoms with E-state index in [-0.39, 0.29) is 31.4 Å². The molecule has 3 amide bonds. The first-order valence-corrected chi connectivity index (χ1v) is 11.1. The number of ether oxygens (including phenoxy) is 2. The highest BCUT2D eigenvalue weighted by molar-refractivity contribution is 5.92. The molecule has 2 aliphatic rings. The Morgan fingerprint density at radius 2 is 1.78 bits per heavy atom. The quantitative estimate of drug-likeness (QED) is 0.642. The number of nitrogens with zero attached hydrogens (tertiary/aromatic N) is 2. The van der Waals surface area contributed by atoms with E-state index in [0.29, 0.717) is 38.9 Å². The fraction of sp³-hybridized carbons (Fsp3) is 0.565. The smallest absolute Gasteiger partial charge is 0.410 e. The molecule has 174 valence electrons. The second-order valence-corrected chi connectivity index (χ2v) is 8.14. The van der Waals surface area contributed by atoms with E-state index in [1.807, 2.05) is 30.3 Å². The summed E-state index contributed by atoms with van der Waals surface area (Å²) < 4.78 is 10.0.